The van der Waals surface area contributed by atoms with Gasteiger partial charge >= 0.3 is 5.97 Å². The van der Waals surface area contributed by atoms with Crippen LogP contribution in [0.1, 0.15) is 39.5 Å². The van der Waals surface area contributed by atoms with Gasteiger partial charge in [0.2, 0.25) is 5.91 Å². The lowest BCUT2D eigenvalue weighted by atomic mass is 9.71. The molecule has 0 aromatic carbocycles. The number of hydrogen-bond acceptors (Lipinski definition) is 3. The number of carbonyl (C=O) groups excluding carboxylic acids is 2. The van der Waals surface area contributed by atoms with Gasteiger partial charge in [-0.15, -0.1) is 0 Å². The van der Waals surface area contributed by atoms with E-state index >= 15 is 0 Å². The minimum atomic E-state index is -0.201. The van der Waals surface area contributed by atoms with Crippen LogP contribution in [0.5, 0.6) is 0 Å². The SMILES string of the molecule is COC(=O)[C@@H]1CCC[C@H](C(C)(C)N2CC=CC2=O)C1. The van der Waals surface area contributed by atoms with Crippen LogP contribution in [0, 0.1) is 11.8 Å². The first-order valence-corrected chi connectivity index (χ1v) is 7.02. The van der Waals surface area contributed by atoms with E-state index in [1.54, 1.807) is 6.08 Å². The van der Waals surface area contributed by atoms with Crippen molar-refractivity contribution in [3.63, 3.8) is 0 Å². The zero-order valence-corrected chi connectivity index (χ0v) is 12.0. The van der Waals surface area contributed by atoms with E-state index in [4.69, 9.17) is 4.74 Å². The number of methoxy groups -OCH3 is 1. The van der Waals surface area contributed by atoms with Crippen molar-refractivity contribution < 1.29 is 14.3 Å². The predicted octanol–water partition coefficient (Wildman–Crippen LogP) is 2.14. The minimum Gasteiger partial charge on any atom is -0.469 e. The van der Waals surface area contributed by atoms with Gasteiger partial charge in [-0.25, -0.2) is 0 Å². The number of rotatable bonds is 3. The van der Waals surface area contributed by atoms with Gasteiger partial charge in [-0.3, -0.25) is 9.59 Å². The fourth-order valence-corrected chi connectivity index (χ4v) is 3.39. The number of esters is 1. The maximum atomic E-state index is 11.9. The summed E-state index contributed by atoms with van der Waals surface area (Å²) >= 11 is 0. The highest BCUT2D eigenvalue weighted by molar-refractivity contribution is 5.90. The van der Waals surface area contributed by atoms with Crippen LogP contribution in [0.25, 0.3) is 0 Å². The molecule has 0 radical (unpaired) electrons. The summed E-state index contributed by atoms with van der Waals surface area (Å²) in [7, 11) is 1.45. The maximum Gasteiger partial charge on any atom is 0.308 e. The smallest absolute Gasteiger partial charge is 0.308 e. The molecule has 1 aliphatic carbocycles. The van der Waals surface area contributed by atoms with Gasteiger partial charge in [-0.05, 0) is 39.0 Å². The molecule has 0 aromatic heterocycles. The lowest BCUT2D eigenvalue weighted by molar-refractivity contribution is -0.148. The van der Waals surface area contributed by atoms with Crippen molar-refractivity contribution in [1.29, 1.82) is 0 Å². The van der Waals surface area contributed by atoms with E-state index in [0.29, 0.717) is 12.5 Å². The molecule has 2 rings (SSSR count). The number of carbonyl (C=O) groups is 2. The fourth-order valence-electron chi connectivity index (χ4n) is 3.39. The predicted molar refractivity (Wildman–Crippen MR) is 72.4 cm³/mol. The summed E-state index contributed by atoms with van der Waals surface area (Å²) in [6.45, 7) is 4.91. The molecule has 0 N–H and O–H groups in total. The van der Waals surface area contributed by atoms with E-state index < -0.39 is 0 Å². The monoisotopic (exact) mass is 265 g/mol. The molecule has 0 saturated heterocycles. The first-order valence-electron chi connectivity index (χ1n) is 7.02. The van der Waals surface area contributed by atoms with Crippen molar-refractivity contribution in [2.75, 3.05) is 13.7 Å². The highest BCUT2D eigenvalue weighted by Gasteiger charge is 2.42. The molecular formula is C15H23NO3. The first kappa shape index (κ1) is 14.1. The van der Waals surface area contributed by atoms with Crippen LogP contribution in [-0.4, -0.2) is 36.0 Å². The lowest BCUT2D eigenvalue weighted by Gasteiger charge is -2.45. The molecular weight excluding hydrogens is 242 g/mol. The van der Waals surface area contributed by atoms with E-state index in [1.165, 1.54) is 7.11 Å². The zero-order valence-electron chi connectivity index (χ0n) is 12.0. The van der Waals surface area contributed by atoms with Crippen LogP contribution in [0.4, 0.5) is 0 Å². The summed E-state index contributed by atoms with van der Waals surface area (Å²) in [6.07, 6.45) is 7.38. The Morgan fingerprint density at radius 2 is 2.16 bits per heavy atom. The van der Waals surface area contributed by atoms with Crippen LogP contribution < -0.4 is 0 Å². The Morgan fingerprint density at radius 1 is 1.42 bits per heavy atom. The van der Waals surface area contributed by atoms with Gasteiger partial charge in [-0.2, -0.15) is 0 Å². The summed E-state index contributed by atoms with van der Waals surface area (Å²) in [5, 5.41) is 0. The van der Waals surface area contributed by atoms with Gasteiger partial charge in [0.1, 0.15) is 0 Å². The third kappa shape index (κ3) is 2.67. The number of amides is 1. The van der Waals surface area contributed by atoms with Crippen LogP contribution >= 0.6 is 0 Å². The van der Waals surface area contributed by atoms with Gasteiger partial charge < -0.3 is 9.64 Å². The molecule has 1 amide bonds. The molecule has 1 saturated carbocycles. The highest BCUT2D eigenvalue weighted by Crippen LogP contribution is 2.39. The second-order valence-corrected chi connectivity index (χ2v) is 6.09. The fraction of sp³-hybridized carbons (Fsp3) is 0.733. The normalized spacial score (nSPS) is 27.7. The van der Waals surface area contributed by atoms with Gasteiger partial charge in [0.05, 0.1) is 13.0 Å². The van der Waals surface area contributed by atoms with E-state index in [9.17, 15) is 9.59 Å². The molecule has 1 heterocycles. The summed E-state index contributed by atoms with van der Waals surface area (Å²) in [4.78, 5) is 25.5. The average molecular weight is 265 g/mol. The van der Waals surface area contributed by atoms with Gasteiger partial charge in [0, 0.05) is 18.2 Å². The van der Waals surface area contributed by atoms with Crippen molar-refractivity contribution >= 4 is 11.9 Å². The third-order valence-electron chi connectivity index (χ3n) is 4.72. The molecule has 1 fully saturated rings. The standard InChI is InChI=1S/C15H23NO3/c1-15(2,16-9-5-8-13(16)17)12-7-4-6-11(10-12)14(18)19-3/h5,8,11-12H,4,6-7,9-10H2,1-3H3/t11-,12+/m1/s1. The Hall–Kier alpha value is -1.32. The Kier molecular flexibility index (Phi) is 3.97. The topological polar surface area (TPSA) is 46.6 Å². The Bertz CT molecular complexity index is 400. The van der Waals surface area contributed by atoms with Crippen molar-refractivity contribution in [3.05, 3.63) is 12.2 Å². The second kappa shape index (κ2) is 5.35. The van der Waals surface area contributed by atoms with Gasteiger partial charge in [0.25, 0.3) is 0 Å². The van der Waals surface area contributed by atoms with Crippen LogP contribution in [-0.2, 0) is 14.3 Å². The molecule has 0 spiro atoms. The summed E-state index contributed by atoms with van der Waals surface area (Å²) < 4.78 is 4.87. The zero-order chi connectivity index (χ0) is 14.0. The molecule has 1 aliphatic heterocycles. The summed E-state index contributed by atoms with van der Waals surface area (Å²) in [5.74, 6) is 0.333. The van der Waals surface area contributed by atoms with Crippen LogP contribution in [0.2, 0.25) is 0 Å². The van der Waals surface area contributed by atoms with Gasteiger partial charge in [-0.1, -0.05) is 12.5 Å². The van der Waals surface area contributed by atoms with E-state index in [0.717, 1.165) is 25.7 Å². The minimum absolute atomic E-state index is 0.00584. The molecule has 19 heavy (non-hydrogen) atoms. The molecule has 0 aromatic rings. The quantitative estimate of drug-likeness (QED) is 0.734. The maximum absolute atomic E-state index is 11.9. The molecule has 106 valence electrons. The summed E-state index contributed by atoms with van der Waals surface area (Å²) in [6, 6.07) is 0. The van der Waals surface area contributed by atoms with E-state index in [-0.39, 0.29) is 23.3 Å². The second-order valence-electron chi connectivity index (χ2n) is 6.09. The van der Waals surface area contributed by atoms with E-state index in [1.807, 2.05) is 11.0 Å². The number of nitrogens with zero attached hydrogens (tertiary/aromatic N) is 1. The molecule has 0 bridgehead atoms. The largest absolute Gasteiger partial charge is 0.469 e. The van der Waals surface area contributed by atoms with Gasteiger partial charge in [0.15, 0.2) is 0 Å². The molecule has 2 aliphatic rings. The van der Waals surface area contributed by atoms with Crippen molar-refractivity contribution in [2.24, 2.45) is 11.8 Å². The number of ether oxygens (including phenoxy) is 1. The first-order chi connectivity index (χ1) is 8.96. The Balaban J connectivity index is 2.07. The molecule has 4 nitrogen and oxygen atoms in total. The Labute approximate surface area is 114 Å². The van der Waals surface area contributed by atoms with Crippen LogP contribution in [0.15, 0.2) is 12.2 Å². The highest BCUT2D eigenvalue weighted by atomic mass is 16.5. The van der Waals surface area contributed by atoms with Crippen molar-refractivity contribution in [1.82, 2.24) is 4.90 Å². The van der Waals surface area contributed by atoms with E-state index in [2.05, 4.69) is 13.8 Å². The third-order valence-corrected chi connectivity index (χ3v) is 4.72. The van der Waals surface area contributed by atoms with Crippen LogP contribution in [0.3, 0.4) is 0 Å². The molecule has 2 atom stereocenters. The molecule has 4 heteroatoms. The molecule has 0 unspecified atom stereocenters. The lowest BCUT2D eigenvalue weighted by Crippen LogP contribution is -2.51. The average Bonchev–Trinajstić information content (AvgIpc) is 2.85. The summed E-state index contributed by atoms with van der Waals surface area (Å²) in [5.41, 5.74) is -0.201. The number of hydrogen-bond donors (Lipinski definition) is 0. The Morgan fingerprint density at radius 3 is 2.74 bits per heavy atom. The van der Waals surface area contributed by atoms with Crippen molar-refractivity contribution in [3.8, 4) is 0 Å². The van der Waals surface area contributed by atoms with Crippen molar-refractivity contribution in [2.45, 2.75) is 45.1 Å².